The lowest BCUT2D eigenvalue weighted by atomic mass is 10.1. The monoisotopic (exact) mass is 427 g/mol. The first kappa shape index (κ1) is 20.1. The topological polar surface area (TPSA) is 105 Å². The zero-order valence-corrected chi connectivity index (χ0v) is 18.2. The van der Waals surface area contributed by atoms with Crippen LogP contribution in [-0.2, 0) is 4.74 Å². The Kier molecular flexibility index (Phi) is 5.07. The second kappa shape index (κ2) is 8.05. The van der Waals surface area contributed by atoms with E-state index in [2.05, 4.69) is 50.6 Å². The largest absolute Gasteiger partial charge is 0.383 e. The van der Waals surface area contributed by atoms with Crippen molar-refractivity contribution in [3.63, 3.8) is 0 Å². The van der Waals surface area contributed by atoms with Gasteiger partial charge in [0.2, 0.25) is 0 Å². The number of imidazole rings is 1. The van der Waals surface area contributed by atoms with Crippen LogP contribution >= 0.6 is 0 Å². The van der Waals surface area contributed by atoms with Crippen molar-refractivity contribution in [3.8, 4) is 5.69 Å². The number of pyridine rings is 1. The average Bonchev–Trinajstić information content (AvgIpc) is 3.14. The van der Waals surface area contributed by atoms with Crippen molar-refractivity contribution >= 4 is 39.8 Å². The lowest BCUT2D eigenvalue weighted by molar-refractivity contribution is 0.122. The summed E-state index contributed by atoms with van der Waals surface area (Å²) < 4.78 is 7.69. The molecule has 5 rings (SSSR count). The van der Waals surface area contributed by atoms with Gasteiger partial charge in [-0.25, -0.2) is 9.98 Å². The van der Waals surface area contributed by atoms with Gasteiger partial charge in [0.1, 0.15) is 23.5 Å². The summed E-state index contributed by atoms with van der Waals surface area (Å²) in [5, 5.41) is 8.44. The zero-order valence-electron chi connectivity index (χ0n) is 18.2. The summed E-state index contributed by atoms with van der Waals surface area (Å²) in [6.07, 6.45) is 2.80. The smallest absolute Gasteiger partial charge is 0.134 e. The van der Waals surface area contributed by atoms with E-state index in [-0.39, 0.29) is 5.84 Å². The molecule has 0 atom stereocenters. The number of fused-ring (bicyclic) bond motifs is 2. The molecule has 2 aromatic heterocycles. The molecule has 0 amide bonds. The Labute approximate surface area is 185 Å². The second-order valence-corrected chi connectivity index (χ2v) is 7.90. The molecule has 1 aliphatic rings. The summed E-state index contributed by atoms with van der Waals surface area (Å²) in [6, 6.07) is 12.4. The van der Waals surface area contributed by atoms with Gasteiger partial charge < -0.3 is 15.4 Å². The minimum absolute atomic E-state index is 0.278. The fourth-order valence-electron chi connectivity index (χ4n) is 4.43. The summed E-state index contributed by atoms with van der Waals surface area (Å²) >= 11 is 0. The molecule has 3 N–H and O–H groups in total. The van der Waals surface area contributed by atoms with Crippen molar-refractivity contribution in [1.82, 2.24) is 14.5 Å². The molecule has 0 unspecified atom stereocenters. The van der Waals surface area contributed by atoms with Gasteiger partial charge in [-0.15, -0.1) is 0 Å². The number of amidine groups is 1. The van der Waals surface area contributed by atoms with Crippen LogP contribution < -0.4 is 10.6 Å². The van der Waals surface area contributed by atoms with Crippen LogP contribution in [0.5, 0.6) is 0 Å². The maximum Gasteiger partial charge on any atom is 0.134 e. The number of aromatic nitrogens is 3. The predicted molar refractivity (Wildman–Crippen MR) is 128 cm³/mol. The van der Waals surface area contributed by atoms with Crippen LogP contribution in [-0.4, -0.2) is 53.0 Å². The average molecular weight is 428 g/mol. The van der Waals surface area contributed by atoms with Crippen LogP contribution in [0.1, 0.15) is 17.0 Å². The van der Waals surface area contributed by atoms with Gasteiger partial charge in [-0.05, 0) is 37.6 Å². The number of aliphatic imine (C=N–C) groups is 1. The molecule has 8 nitrogen and oxygen atoms in total. The number of aryl methyl sites for hydroxylation is 2. The van der Waals surface area contributed by atoms with Gasteiger partial charge in [0.25, 0.3) is 0 Å². The molecule has 2 aromatic carbocycles. The van der Waals surface area contributed by atoms with Crippen molar-refractivity contribution in [3.05, 3.63) is 59.5 Å². The predicted octanol–water partition coefficient (Wildman–Crippen LogP) is 3.34. The molecule has 162 valence electrons. The molecule has 0 radical (unpaired) electrons. The van der Waals surface area contributed by atoms with Crippen molar-refractivity contribution in [2.45, 2.75) is 13.8 Å². The molecular weight excluding hydrogens is 402 g/mol. The number of hydrogen-bond donors (Lipinski definition) is 2. The van der Waals surface area contributed by atoms with E-state index >= 15 is 0 Å². The van der Waals surface area contributed by atoms with Gasteiger partial charge >= 0.3 is 0 Å². The van der Waals surface area contributed by atoms with Crippen LogP contribution in [0.2, 0.25) is 0 Å². The van der Waals surface area contributed by atoms with Crippen LogP contribution in [0, 0.1) is 19.3 Å². The molecule has 0 aliphatic carbocycles. The lowest BCUT2D eigenvalue weighted by Gasteiger charge is -2.29. The fourth-order valence-corrected chi connectivity index (χ4v) is 4.43. The van der Waals surface area contributed by atoms with Crippen molar-refractivity contribution in [2.75, 3.05) is 31.2 Å². The van der Waals surface area contributed by atoms with Gasteiger partial charge in [-0.1, -0.05) is 18.2 Å². The first-order valence-corrected chi connectivity index (χ1v) is 10.6. The van der Waals surface area contributed by atoms with Crippen LogP contribution in [0.3, 0.4) is 0 Å². The normalized spacial score (nSPS) is 14.9. The highest BCUT2D eigenvalue weighted by Gasteiger charge is 2.21. The number of nitrogens with zero attached hydrogens (tertiary/aromatic N) is 5. The molecule has 1 fully saturated rings. The Hall–Kier alpha value is -3.78. The van der Waals surface area contributed by atoms with Gasteiger partial charge in [-0.3, -0.25) is 15.0 Å². The number of rotatable bonds is 4. The number of morpholine rings is 1. The first-order valence-electron chi connectivity index (χ1n) is 10.6. The maximum absolute atomic E-state index is 7.38. The number of anilines is 1. The van der Waals surface area contributed by atoms with Crippen LogP contribution in [0.25, 0.3) is 27.6 Å². The number of hydrogen-bond acceptors (Lipinski definition) is 5. The summed E-state index contributed by atoms with van der Waals surface area (Å²) in [7, 11) is 0. The number of benzene rings is 2. The number of ether oxygens (including phenoxy) is 1. The van der Waals surface area contributed by atoms with Crippen LogP contribution in [0.4, 0.5) is 5.69 Å². The van der Waals surface area contributed by atoms with E-state index in [4.69, 9.17) is 20.9 Å². The Morgan fingerprint density at radius 3 is 2.75 bits per heavy atom. The number of nitrogens with one attached hydrogen (secondary N) is 1. The van der Waals surface area contributed by atoms with E-state index in [1.165, 1.54) is 0 Å². The summed E-state index contributed by atoms with van der Waals surface area (Å²) in [4.78, 5) is 15.8. The Balaban J connectivity index is 1.82. The van der Waals surface area contributed by atoms with E-state index in [1.54, 1.807) is 0 Å². The van der Waals surface area contributed by atoms with Gasteiger partial charge in [0, 0.05) is 35.9 Å². The minimum atomic E-state index is 0.278. The summed E-state index contributed by atoms with van der Waals surface area (Å²) in [6.45, 7) is 7.04. The highest BCUT2D eigenvalue weighted by atomic mass is 16.5. The van der Waals surface area contributed by atoms with E-state index in [0.29, 0.717) is 13.2 Å². The Bertz CT molecular complexity index is 1370. The molecule has 1 aliphatic heterocycles. The van der Waals surface area contributed by atoms with E-state index in [1.807, 2.05) is 25.3 Å². The minimum Gasteiger partial charge on any atom is -0.383 e. The van der Waals surface area contributed by atoms with E-state index in [9.17, 15) is 0 Å². The summed E-state index contributed by atoms with van der Waals surface area (Å²) in [5.41, 5.74) is 12.9. The number of nitrogens with two attached hydrogens (primary N) is 1. The number of para-hydroxylation sites is 1. The van der Waals surface area contributed by atoms with Crippen molar-refractivity contribution in [2.24, 2.45) is 10.7 Å². The second-order valence-electron chi connectivity index (χ2n) is 7.90. The van der Waals surface area contributed by atoms with Crippen LogP contribution in [0.15, 0.2) is 47.6 Å². The molecule has 8 heteroatoms. The molecule has 32 heavy (non-hydrogen) atoms. The molecular formula is C24H25N7O. The maximum atomic E-state index is 7.38. The third-order valence-electron chi connectivity index (χ3n) is 5.96. The van der Waals surface area contributed by atoms with Gasteiger partial charge in [0.15, 0.2) is 0 Å². The molecule has 0 spiro atoms. The highest BCUT2D eigenvalue weighted by molar-refractivity contribution is 6.11. The molecule has 0 bridgehead atoms. The molecule has 1 saturated heterocycles. The van der Waals surface area contributed by atoms with Crippen molar-refractivity contribution < 1.29 is 4.74 Å². The fraction of sp³-hybridized carbons (Fsp3) is 0.250. The zero-order chi connectivity index (χ0) is 22.2. The SMILES string of the molecule is Cc1cccc2c(-n3c(C)nc4c(C(N)=NC=N)cc(N5CCOCC5)cc43)ccnc12. The quantitative estimate of drug-likeness (QED) is 0.384. The van der Waals surface area contributed by atoms with Gasteiger partial charge in [-0.2, -0.15) is 0 Å². The van der Waals surface area contributed by atoms with E-state index in [0.717, 1.165) is 69.7 Å². The Morgan fingerprint density at radius 1 is 1.16 bits per heavy atom. The first-order chi connectivity index (χ1) is 15.6. The van der Waals surface area contributed by atoms with Crippen molar-refractivity contribution in [1.29, 1.82) is 5.41 Å². The molecule has 0 saturated carbocycles. The lowest BCUT2D eigenvalue weighted by Crippen LogP contribution is -2.36. The van der Waals surface area contributed by atoms with Gasteiger partial charge in [0.05, 0.1) is 29.9 Å². The molecule has 4 aromatic rings. The summed E-state index contributed by atoms with van der Waals surface area (Å²) in [5.74, 6) is 1.12. The third-order valence-corrected chi connectivity index (χ3v) is 5.96. The van der Waals surface area contributed by atoms with E-state index < -0.39 is 0 Å². The highest BCUT2D eigenvalue weighted by Crippen LogP contribution is 2.32. The third kappa shape index (κ3) is 3.29. The standard InChI is InChI=1S/C24H25N7O/c1-15-4-3-5-18-20(6-7-27-22(15)18)31-16(2)29-23-19(24(26)28-14-25)12-17(13-21(23)31)30-8-10-32-11-9-30/h3-7,12-14H,8-11H2,1-2H3,(H3,25,26,28). The molecule has 3 heterocycles. The Morgan fingerprint density at radius 2 is 1.97 bits per heavy atom.